The number of hydrogen-bond acceptors (Lipinski definition) is 4. The van der Waals surface area contributed by atoms with Gasteiger partial charge in [0.15, 0.2) is 5.78 Å². The monoisotopic (exact) mass is 286 g/mol. The molecule has 1 aromatic rings. The van der Waals surface area contributed by atoms with Crippen molar-refractivity contribution in [1.29, 1.82) is 0 Å². The molecule has 0 aliphatic heterocycles. The standard InChI is InChI=1S/C17H18O4/c1-21-16(20)12-5-4-11-6-8-17(15(19)14(11)9-12)7-2-3-13(18)10-17/h4-5,9H,2-3,6-8,10H2,1H3. The van der Waals surface area contributed by atoms with Crippen LogP contribution in [0.2, 0.25) is 0 Å². The van der Waals surface area contributed by atoms with Crippen LogP contribution in [0.1, 0.15) is 58.4 Å². The second kappa shape index (κ2) is 5.10. The highest BCUT2D eigenvalue weighted by Crippen LogP contribution is 2.45. The van der Waals surface area contributed by atoms with Crippen molar-refractivity contribution in [3.05, 3.63) is 34.9 Å². The lowest BCUT2D eigenvalue weighted by atomic mass is 9.62. The maximum atomic E-state index is 12.9. The largest absolute Gasteiger partial charge is 0.465 e. The molecule has 2 aliphatic carbocycles. The summed E-state index contributed by atoms with van der Waals surface area (Å²) in [5, 5.41) is 0. The minimum Gasteiger partial charge on any atom is -0.465 e. The molecular formula is C17H18O4. The van der Waals surface area contributed by atoms with Crippen LogP contribution < -0.4 is 0 Å². The summed E-state index contributed by atoms with van der Waals surface area (Å²) in [5.41, 5.74) is 1.43. The number of aryl methyl sites for hydroxylation is 1. The van der Waals surface area contributed by atoms with Gasteiger partial charge in [0, 0.05) is 23.8 Å². The van der Waals surface area contributed by atoms with E-state index in [4.69, 9.17) is 4.74 Å². The van der Waals surface area contributed by atoms with E-state index < -0.39 is 11.4 Å². The fraction of sp³-hybridized carbons (Fsp3) is 0.471. The number of Topliss-reactive ketones (excluding diaryl/α,β-unsaturated/α-hetero) is 2. The van der Waals surface area contributed by atoms with Gasteiger partial charge in [-0.2, -0.15) is 0 Å². The molecule has 0 aromatic heterocycles. The fourth-order valence-corrected chi connectivity index (χ4v) is 3.61. The lowest BCUT2D eigenvalue weighted by Gasteiger charge is -2.38. The topological polar surface area (TPSA) is 60.4 Å². The Morgan fingerprint density at radius 2 is 2.00 bits per heavy atom. The van der Waals surface area contributed by atoms with E-state index in [2.05, 4.69) is 0 Å². The first-order valence-electron chi connectivity index (χ1n) is 7.33. The first-order chi connectivity index (χ1) is 10.1. The van der Waals surface area contributed by atoms with Crippen LogP contribution in [0.15, 0.2) is 18.2 Å². The summed E-state index contributed by atoms with van der Waals surface area (Å²) < 4.78 is 4.71. The molecule has 3 rings (SSSR count). The Bertz CT molecular complexity index is 632. The molecule has 1 saturated carbocycles. The van der Waals surface area contributed by atoms with Crippen molar-refractivity contribution in [2.24, 2.45) is 5.41 Å². The second-order valence-corrected chi connectivity index (χ2v) is 6.04. The van der Waals surface area contributed by atoms with Crippen LogP contribution in [0.25, 0.3) is 0 Å². The van der Waals surface area contributed by atoms with E-state index in [0.29, 0.717) is 24.0 Å². The van der Waals surface area contributed by atoms with Gasteiger partial charge in [0.1, 0.15) is 5.78 Å². The van der Waals surface area contributed by atoms with Gasteiger partial charge >= 0.3 is 5.97 Å². The molecule has 0 heterocycles. The van der Waals surface area contributed by atoms with Crippen LogP contribution >= 0.6 is 0 Å². The van der Waals surface area contributed by atoms with Crippen LogP contribution in [-0.4, -0.2) is 24.6 Å². The maximum Gasteiger partial charge on any atom is 0.337 e. The van der Waals surface area contributed by atoms with E-state index in [9.17, 15) is 14.4 Å². The van der Waals surface area contributed by atoms with Crippen molar-refractivity contribution in [2.45, 2.75) is 38.5 Å². The molecule has 110 valence electrons. The molecule has 0 bridgehead atoms. The van der Waals surface area contributed by atoms with Crippen molar-refractivity contribution < 1.29 is 19.1 Å². The Hall–Kier alpha value is -1.97. The summed E-state index contributed by atoms with van der Waals surface area (Å²) in [5.74, 6) is -0.227. The third-order valence-electron chi connectivity index (χ3n) is 4.78. The second-order valence-electron chi connectivity index (χ2n) is 6.04. The van der Waals surface area contributed by atoms with E-state index in [0.717, 1.165) is 31.2 Å². The van der Waals surface area contributed by atoms with Crippen LogP contribution in [0, 0.1) is 5.41 Å². The molecule has 0 saturated heterocycles. The normalized spacial score (nSPS) is 24.8. The lowest BCUT2D eigenvalue weighted by Crippen LogP contribution is -2.40. The predicted octanol–water partition coefficient (Wildman–Crippen LogP) is 2.73. The number of fused-ring (bicyclic) bond motifs is 1. The van der Waals surface area contributed by atoms with Gasteiger partial charge < -0.3 is 4.74 Å². The molecule has 4 heteroatoms. The van der Waals surface area contributed by atoms with Gasteiger partial charge in [-0.1, -0.05) is 6.07 Å². The summed E-state index contributed by atoms with van der Waals surface area (Å²) in [4.78, 5) is 36.3. The average molecular weight is 286 g/mol. The van der Waals surface area contributed by atoms with E-state index in [-0.39, 0.29) is 11.6 Å². The van der Waals surface area contributed by atoms with Crippen molar-refractivity contribution in [3.8, 4) is 0 Å². The first-order valence-corrected chi connectivity index (χ1v) is 7.33. The smallest absolute Gasteiger partial charge is 0.337 e. The molecule has 1 aromatic carbocycles. The SMILES string of the molecule is COC(=O)c1ccc2c(c1)C(=O)C1(CCCC(=O)C1)CC2. The summed E-state index contributed by atoms with van der Waals surface area (Å²) in [7, 11) is 1.32. The fourth-order valence-electron chi connectivity index (χ4n) is 3.61. The number of ether oxygens (including phenoxy) is 1. The zero-order valence-corrected chi connectivity index (χ0v) is 12.1. The van der Waals surface area contributed by atoms with Crippen LogP contribution in [-0.2, 0) is 16.0 Å². The number of carbonyl (C=O) groups excluding carboxylic acids is 3. The highest BCUT2D eigenvalue weighted by Gasteiger charge is 2.45. The summed E-state index contributed by atoms with van der Waals surface area (Å²) >= 11 is 0. The predicted molar refractivity (Wildman–Crippen MR) is 76.3 cm³/mol. The number of carbonyl (C=O) groups is 3. The van der Waals surface area contributed by atoms with E-state index >= 15 is 0 Å². The Morgan fingerprint density at radius 1 is 1.19 bits per heavy atom. The third kappa shape index (κ3) is 2.28. The zero-order valence-electron chi connectivity index (χ0n) is 12.1. The van der Waals surface area contributed by atoms with Crippen LogP contribution in [0.3, 0.4) is 0 Å². The van der Waals surface area contributed by atoms with Gasteiger partial charge in [-0.3, -0.25) is 9.59 Å². The highest BCUT2D eigenvalue weighted by atomic mass is 16.5. The molecule has 1 atom stereocenters. The molecule has 4 nitrogen and oxygen atoms in total. The van der Waals surface area contributed by atoms with Crippen molar-refractivity contribution in [3.63, 3.8) is 0 Å². The number of methoxy groups -OCH3 is 1. The highest BCUT2D eigenvalue weighted by molar-refractivity contribution is 6.06. The molecule has 0 radical (unpaired) electrons. The zero-order chi connectivity index (χ0) is 15.0. The number of benzene rings is 1. The maximum absolute atomic E-state index is 12.9. The van der Waals surface area contributed by atoms with Gasteiger partial charge in [0.2, 0.25) is 0 Å². The number of hydrogen-bond donors (Lipinski definition) is 0. The summed E-state index contributed by atoms with van der Waals surface area (Å²) in [6, 6.07) is 5.16. The molecule has 0 amide bonds. The number of esters is 1. The molecule has 0 N–H and O–H groups in total. The van der Waals surface area contributed by atoms with Gasteiger partial charge in [-0.25, -0.2) is 4.79 Å². The Morgan fingerprint density at radius 3 is 2.71 bits per heavy atom. The summed E-state index contributed by atoms with van der Waals surface area (Å²) in [6.45, 7) is 0. The minimum absolute atomic E-state index is 0.0301. The van der Waals surface area contributed by atoms with Crippen LogP contribution in [0.5, 0.6) is 0 Å². The van der Waals surface area contributed by atoms with Gasteiger partial charge in [0.25, 0.3) is 0 Å². The minimum atomic E-state index is -0.531. The Kier molecular flexibility index (Phi) is 3.40. The van der Waals surface area contributed by atoms with Crippen molar-refractivity contribution >= 4 is 17.5 Å². The van der Waals surface area contributed by atoms with Gasteiger partial charge in [-0.05, 0) is 43.4 Å². The Labute approximate surface area is 123 Å². The quantitative estimate of drug-likeness (QED) is 0.745. The van der Waals surface area contributed by atoms with E-state index in [1.54, 1.807) is 12.1 Å². The molecule has 1 spiro atoms. The third-order valence-corrected chi connectivity index (χ3v) is 4.78. The average Bonchev–Trinajstić information content (AvgIpc) is 2.50. The first kappa shape index (κ1) is 14.0. The van der Waals surface area contributed by atoms with Crippen molar-refractivity contribution in [1.82, 2.24) is 0 Å². The Balaban J connectivity index is 2.00. The van der Waals surface area contributed by atoms with Gasteiger partial charge in [0.05, 0.1) is 12.7 Å². The molecule has 2 aliphatic rings. The van der Waals surface area contributed by atoms with Crippen molar-refractivity contribution in [2.75, 3.05) is 7.11 Å². The molecular weight excluding hydrogens is 268 g/mol. The summed E-state index contributed by atoms with van der Waals surface area (Å²) in [6.07, 6.45) is 4.03. The molecule has 1 unspecified atom stereocenters. The number of rotatable bonds is 1. The van der Waals surface area contributed by atoms with E-state index in [1.807, 2.05) is 6.07 Å². The van der Waals surface area contributed by atoms with Gasteiger partial charge in [-0.15, -0.1) is 0 Å². The molecule has 21 heavy (non-hydrogen) atoms. The lowest BCUT2D eigenvalue weighted by molar-refractivity contribution is -0.123. The van der Waals surface area contributed by atoms with Crippen LogP contribution in [0.4, 0.5) is 0 Å². The molecule has 1 fully saturated rings. The van der Waals surface area contributed by atoms with E-state index in [1.165, 1.54) is 7.11 Å². The number of ketones is 2.